The summed E-state index contributed by atoms with van der Waals surface area (Å²) in [6.45, 7) is 0.750. The van der Waals surface area contributed by atoms with Gasteiger partial charge in [-0.1, -0.05) is 48.2 Å². The van der Waals surface area contributed by atoms with Gasteiger partial charge in [-0.3, -0.25) is 4.57 Å². The zero-order valence-electron chi connectivity index (χ0n) is 18.4. The number of thioether (sulfide) groups is 1. The van der Waals surface area contributed by atoms with E-state index in [1.807, 2.05) is 48.5 Å². The zero-order valence-corrected chi connectivity index (χ0v) is 19.2. The Bertz CT molecular complexity index is 1600. The van der Waals surface area contributed by atoms with Gasteiger partial charge in [0.1, 0.15) is 11.3 Å². The Kier molecular flexibility index (Phi) is 5.38. The van der Waals surface area contributed by atoms with Crippen LogP contribution in [0.5, 0.6) is 17.2 Å². The smallest absolute Gasteiger partial charge is 0.336 e. The Morgan fingerprint density at radius 2 is 1.80 bits per heavy atom. The van der Waals surface area contributed by atoms with Crippen LogP contribution in [0.15, 0.2) is 87.2 Å². The van der Waals surface area contributed by atoms with E-state index in [0.717, 1.165) is 39.4 Å². The topological polar surface area (TPSA) is 99.6 Å². The van der Waals surface area contributed by atoms with E-state index in [0.29, 0.717) is 23.0 Å². The Morgan fingerprint density at radius 3 is 2.69 bits per heavy atom. The van der Waals surface area contributed by atoms with Crippen LogP contribution in [0.1, 0.15) is 11.1 Å². The second kappa shape index (κ2) is 8.84. The fraction of sp³-hybridized carbons (Fsp3) is 0.115. The maximum atomic E-state index is 12.1. The highest BCUT2D eigenvalue weighted by atomic mass is 32.2. The van der Waals surface area contributed by atoms with E-state index in [2.05, 4.69) is 14.8 Å². The molecule has 2 aromatic heterocycles. The van der Waals surface area contributed by atoms with Gasteiger partial charge in [0.25, 0.3) is 0 Å². The molecule has 3 heterocycles. The van der Waals surface area contributed by atoms with E-state index in [9.17, 15) is 9.90 Å². The van der Waals surface area contributed by atoms with Gasteiger partial charge >= 0.3 is 5.63 Å². The summed E-state index contributed by atoms with van der Waals surface area (Å²) in [6.07, 6.45) is 0. The molecule has 0 fully saturated rings. The maximum absolute atomic E-state index is 12.1. The first-order valence-electron chi connectivity index (χ1n) is 10.9. The lowest BCUT2D eigenvalue weighted by Crippen LogP contribution is -2.05. The van der Waals surface area contributed by atoms with Gasteiger partial charge in [-0.2, -0.15) is 0 Å². The molecule has 0 spiro atoms. The number of hydrogen-bond acceptors (Lipinski definition) is 8. The van der Waals surface area contributed by atoms with Crippen molar-refractivity contribution in [2.24, 2.45) is 0 Å². The molecule has 0 radical (unpaired) electrons. The lowest BCUT2D eigenvalue weighted by Gasteiger charge is -2.11. The first-order valence-corrected chi connectivity index (χ1v) is 11.9. The first-order chi connectivity index (χ1) is 17.1. The molecule has 0 atom stereocenters. The van der Waals surface area contributed by atoms with Crippen LogP contribution in [0.25, 0.3) is 22.4 Å². The molecule has 9 heteroatoms. The predicted molar refractivity (Wildman–Crippen MR) is 131 cm³/mol. The quantitative estimate of drug-likeness (QED) is 0.270. The Balaban J connectivity index is 1.36. The monoisotopic (exact) mass is 485 g/mol. The van der Waals surface area contributed by atoms with Gasteiger partial charge in [0.05, 0.1) is 6.54 Å². The van der Waals surface area contributed by atoms with Crippen LogP contribution >= 0.6 is 11.8 Å². The minimum absolute atomic E-state index is 0.0430. The minimum Gasteiger partial charge on any atom is -0.508 e. The fourth-order valence-corrected chi connectivity index (χ4v) is 4.97. The number of ether oxygens (including phenoxy) is 2. The second-order valence-corrected chi connectivity index (χ2v) is 8.95. The maximum Gasteiger partial charge on any atom is 0.336 e. The number of hydrogen-bond donors (Lipinski definition) is 1. The van der Waals surface area contributed by atoms with Crippen molar-refractivity contribution >= 4 is 22.7 Å². The molecule has 3 aromatic carbocycles. The molecule has 1 N–H and O–H groups in total. The highest BCUT2D eigenvalue weighted by molar-refractivity contribution is 7.98. The Hall–Kier alpha value is -4.24. The highest BCUT2D eigenvalue weighted by Crippen LogP contribution is 2.34. The molecule has 0 amide bonds. The van der Waals surface area contributed by atoms with Crippen LogP contribution in [-0.2, 0) is 12.3 Å². The average Bonchev–Trinajstić information content (AvgIpc) is 3.49. The summed E-state index contributed by atoms with van der Waals surface area (Å²) in [5, 5.41) is 20.2. The lowest BCUT2D eigenvalue weighted by atomic mass is 10.1. The number of rotatable bonds is 6. The molecule has 0 saturated heterocycles. The largest absolute Gasteiger partial charge is 0.508 e. The van der Waals surface area contributed by atoms with E-state index < -0.39 is 5.63 Å². The van der Waals surface area contributed by atoms with Gasteiger partial charge in [-0.05, 0) is 35.4 Å². The third kappa shape index (κ3) is 4.22. The van der Waals surface area contributed by atoms with Gasteiger partial charge in [0, 0.05) is 28.8 Å². The van der Waals surface area contributed by atoms with E-state index in [4.69, 9.17) is 13.9 Å². The minimum atomic E-state index is -0.467. The van der Waals surface area contributed by atoms with Crippen LogP contribution in [0.4, 0.5) is 0 Å². The lowest BCUT2D eigenvalue weighted by molar-refractivity contribution is 0.174. The molecule has 174 valence electrons. The number of aromatic nitrogens is 3. The molecular weight excluding hydrogens is 466 g/mol. The Morgan fingerprint density at radius 1 is 0.943 bits per heavy atom. The summed E-state index contributed by atoms with van der Waals surface area (Å²) < 4.78 is 18.3. The van der Waals surface area contributed by atoms with Crippen molar-refractivity contribution in [3.8, 4) is 28.6 Å². The molecule has 35 heavy (non-hydrogen) atoms. The van der Waals surface area contributed by atoms with Crippen molar-refractivity contribution in [3.05, 3.63) is 94.3 Å². The van der Waals surface area contributed by atoms with Crippen molar-refractivity contribution in [1.29, 1.82) is 0 Å². The van der Waals surface area contributed by atoms with Crippen molar-refractivity contribution in [1.82, 2.24) is 14.8 Å². The number of phenolic OH excluding ortho intramolecular Hbond substituents is 1. The zero-order chi connectivity index (χ0) is 23.8. The van der Waals surface area contributed by atoms with Crippen LogP contribution in [0, 0.1) is 0 Å². The summed E-state index contributed by atoms with van der Waals surface area (Å²) in [7, 11) is 0. The molecule has 8 nitrogen and oxygen atoms in total. The van der Waals surface area contributed by atoms with Gasteiger partial charge in [-0.15, -0.1) is 10.2 Å². The molecule has 6 rings (SSSR count). The van der Waals surface area contributed by atoms with Gasteiger partial charge in [-0.25, -0.2) is 4.79 Å². The number of nitrogens with zero attached hydrogens (tertiary/aromatic N) is 3. The summed E-state index contributed by atoms with van der Waals surface area (Å²) >= 11 is 1.48. The summed E-state index contributed by atoms with van der Waals surface area (Å²) in [5.74, 6) is 2.71. The van der Waals surface area contributed by atoms with E-state index in [1.54, 1.807) is 12.1 Å². The van der Waals surface area contributed by atoms with Crippen molar-refractivity contribution in [2.45, 2.75) is 17.5 Å². The average molecular weight is 486 g/mol. The van der Waals surface area contributed by atoms with Crippen molar-refractivity contribution in [2.75, 3.05) is 6.79 Å². The first kappa shape index (κ1) is 21.3. The van der Waals surface area contributed by atoms with Crippen LogP contribution in [0.3, 0.4) is 0 Å². The van der Waals surface area contributed by atoms with Crippen molar-refractivity contribution in [3.63, 3.8) is 0 Å². The molecule has 1 aliphatic heterocycles. The second-order valence-electron chi connectivity index (χ2n) is 8.01. The van der Waals surface area contributed by atoms with Crippen LogP contribution in [-0.4, -0.2) is 26.7 Å². The van der Waals surface area contributed by atoms with Gasteiger partial charge in [0.2, 0.25) is 6.79 Å². The van der Waals surface area contributed by atoms with E-state index in [1.165, 1.54) is 23.9 Å². The molecule has 5 aromatic rings. The third-order valence-corrected chi connectivity index (χ3v) is 6.71. The summed E-state index contributed by atoms with van der Waals surface area (Å²) in [5.41, 5.74) is 2.65. The predicted octanol–water partition coefficient (Wildman–Crippen LogP) is 4.83. The van der Waals surface area contributed by atoms with Gasteiger partial charge < -0.3 is 19.0 Å². The van der Waals surface area contributed by atoms with Crippen LogP contribution < -0.4 is 15.1 Å². The van der Waals surface area contributed by atoms with Crippen molar-refractivity contribution < 1.29 is 19.0 Å². The van der Waals surface area contributed by atoms with E-state index in [-0.39, 0.29) is 12.5 Å². The molecule has 0 saturated carbocycles. The molecule has 0 unspecified atom stereocenters. The van der Waals surface area contributed by atoms with E-state index >= 15 is 0 Å². The summed E-state index contributed by atoms with van der Waals surface area (Å²) in [4.78, 5) is 12.1. The van der Waals surface area contributed by atoms with Gasteiger partial charge in [0.15, 0.2) is 22.5 Å². The Labute approximate surface area is 203 Å². The normalized spacial score (nSPS) is 12.3. The third-order valence-electron chi connectivity index (χ3n) is 5.70. The SMILES string of the molecule is O=c1cc(CSc2nnc(-c3ccccc3)n2Cc2ccc3c(c2)OCO3)c2ccc(O)cc2o1. The summed E-state index contributed by atoms with van der Waals surface area (Å²) in [6, 6.07) is 22.0. The number of phenols is 1. The number of fused-ring (bicyclic) bond motifs is 2. The number of benzene rings is 3. The molecule has 0 aliphatic carbocycles. The highest BCUT2D eigenvalue weighted by Gasteiger charge is 2.18. The molecule has 0 bridgehead atoms. The standard InChI is InChI=1S/C26H19N3O5S/c30-19-7-8-20-18(11-24(31)34-22(20)12-19)14-35-26-28-27-25(17-4-2-1-3-5-17)29(26)13-16-6-9-21-23(10-16)33-15-32-21/h1-12,30H,13-15H2. The molecule has 1 aliphatic rings. The van der Waals surface area contributed by atoms with Crippen LogP contribution in [0.2, 0.25) is 0 Å². The molecular formula is C26H19N3O5S. The fourth-order valence-electron chi connectivity index (χ4n) is 4.04. The number of aromatic hydroxyl groups is 1.